The van der Waals surface area contributed by atoms with Gasteiger partial charge in [0.15, 0.2) is 5.78 Å². The van der Waals surface area contributed by atoms with E-state index in [-0.39, 0.29) is 5.78 Å². The van der Waals surface area contributed by atoms with Gasteiger partial charge >= 0.3 is 0 Å². The van der Waals surface area contributed by atoms with E-state index in [1.165, 1.54) is 5.56 Å². The van der Waals surface area contributed by atoms with Gasteiger partial charge in [0.05, 0.1) is 0 Å². The summed E-state index contributed by atoms with van der Waals surface area (Å²) in [5, 5.41) is 0. The predicted molar refractivity (Wildman–Crippen MR) is 78.9 cm³/mol. The summed E-state index contributed by atoms with van der Waals surface area (Å²) < 4.78 is 0. The average molecular weight is 254 g/mol. The van der Waals surface area contributed by atoms with Crippen LogP contribution in [0.5, 0.6) is 0 Å². The lowest BCUT2D eigenvalue weighted by molar-refractivity contribution is 0.104. The summed E-state index contributed by atoms with van der Waals surface area (Å²) >= 11 is 4.38. The zero-order chi connectivity index (χ0) is 13.0. The third-order valence-electron chi connectivity index (χ3n) is 2.67. The molecule has 2 rings (SSSR count). The Kier molecular flexibility index (Phi) is 4.00. The molecule has 0 atom stereocenters. The number of thiol groups is 1. The Hall–Kier alpha value is -1.80. The summed E-state index contributed by atoms with van der Waals surface area (Å²) in [7, 11) is 0. The maximum atomic E-state index is 12.0. The van der Waals surface area contributed by atoms with Gasteiger partial charge in [0.25, 0.3) is 0 Å². The van der Waals surface area contributed by atoms with Crippen LogP contribution in [0, 0.1) is 6.92 Å². The number of ketones is 1. The number of rotatable bonds is 3. The van der Waals surface area contributed by atoms with Crippen molar-refractivity contribution in [3.05, 3.63) is 77.4 Å². The third kappa shape index (κ3) is 3.11. The van der Waals surface area contributed by atoms with Crippen molar-refractivity contribution in [1.29, 1.82) is 0 Å². The van der Waals surface area contributed by atoms with Crippen LogP contribution in [0.15, 0.2) is 60.7 Å². The number of aryl methyl sites for hydroxylation is 1. The highest BCUT2D eigenvalue weighted by molar-refractivity contribution is 7.90. The first-order chi connectivity index (χ1) is 8.66. The molecule has 0 fully saturated rings. The van der Waals surface area contributed by atoms with Crippen LogP contribution in [0.3, 0.4) is 0 Å². The minimum absolute atomic E-state index is 0.0267. The minimum atomic E-state index is -0.0267. The maximum absolute atomic E-state index is 12.0. The molecule has 0 aliphatic carbocycles. The predicted octanol–water partition coefficient (Wildman–Crippen LogP) is 4.15. The van der Waals surface area contributed by atoms with Gasteiger partial charge in [-0.25, -0.2) is 0 Å². The van der Waals surface area contributed by atoms with E-state index >= 15 is 0 Å². The van der Waals surface area contributed by atoms with Gasteiger partial charge in [-0.2, -0.15) is 0 Å². The zero-order valence-corrected chi connectivity index (χ0v) is 11.0. The lowest BCUT2D eigenvalue weighted by Gasteiger charge is -2.01. The first kappa shape index (κ1) is 12.7. The zero-order valence-electron chi connectivity index (χ0n) is 10.1. The number of carbonyl (C=O) groups is 1. The molecule has 2 aromatic carbocycles. The molecule has 0 N–H and O–H groups in total. The molecular weight excluding hydrogens is 240 g/mol. The number of hydrogen-bond acceptors (Lipinski definition) is 2. The lowest BCUT2D eigenvalue weighted by Crippen LogP contribution is -1.94. The molecule has 0 unspecified atom stereocenters. The van der Waals surface area contributed by atoms with E-state index in [0.29, 0.717) is 10.5 Å². The van der Waals surface area contributed by atoms with Gasteiger partial charge in [-0.3, -0.25) is 4.79 Å². The fraction of sp³-hybridized carbons (Fsp3) is 0.0625. The fourth-order valence-electron chi connectivity index (χ4n) is 1.62. The van der Waals surface area contributed by atoms with Crippen LogP contribution in [0.4, 0.5) is 0 Å². The molecule has 0 bridgehead atoms. The fourth-order valence-corrected chi connectivity index (χ4v) is 1.88. The van der Waals surface area contributed by atoms with E-state index in [4.69, 9.17) is 0 Å². The number of carbonyl (C=O) groups excluding carboxylic acids is 1. The molecule has 0 spiro atoms. The second-order valence-corrected chi connectivity index (χ2v) is 4.61. The highest BCUT2D eigenvalue weighted by atomic mass is 32.1. The summed E-state index contributed by atoms with van der Waals surface area (Å²) in [4.78, 5) is 12.7. The van der Waals surface area contributed by atoms with Gasteiger partial charge in [0.1, 0.15) is 0 Å². The Morgan fingerprint density at radius 2 is 1.56 bits per heavy atom. The van der Waals surface area contributed by atoms with Gasteiger partial charge in [-0.1, -0.05) is 60.2 Å². The van der Waals surface area contributed by atoms with Crippen LogP contribution >= 0.6 is 12.6 Å². The van der Waals surface area contributed by atoms with E-state index < -0.39 is 0 Å². The van der Waals surface area contributed by atoms with Gasteiger partial charge in [-0.15, -0.1) is 12.6 Å². The monoisotopic (exact) mass is 254 g/mol. The Morgan fingerprint density at radius 1 is 0.944 bits per heavy atom. The molecule has 0 saturated heterocycles. The number of benzene rings is 2. The molecule has 0 heterocycles. The third-order valence-corrected chi connectivity index (χ3v) is 3.06. The smallest absolute Gasteiger partial charge is 0.186 e. The van der Waals surface area contributed by atoms with Crippen LogP contribution in [0.2, 0.25) is 0 Å². The molecule has 0 aliphatic heterocycles. The summed E-state index contributed by atoms with van der Waals surface area (Å²) in [6.45, 7) is 2.03. The molecule has 90 valence electrons. The van der Waals surface area contributed by atoms with E-state index in [1.54, 1.807) is 18.2 Å². The topological polar surface area (TPSA) is 17.1 Å². The van der Waals surface area contributed by atoms with Crippen LogP contribution in [-0.2, 0) is 0 Å². The molecule has 0 aliphatic rings. The quantitative estimate of drug-likeness (QED) is 0.494. The van der Waals surface area contributed by atoms with Crippen molar-refractivity contribution in [3.8, 4) is 0 Å². The highest BCUT2D eigenvalue weighted by Crippen LogP contribution is 2.19. The van der Waals surface area contributed by atoms with E-state index in [1.807, 2.05) is 49.4 Å². The van der Waals surface area contributed by atoms with E-state index in [0.717, 1.165) is 5.56 Å². The van der Waals surface area contributed by atoms with Gasteiger partial charge < -0.3 is 0 Å². The summed E-state index contributed by atoms with van der Waals surface area (Å²) in [6.07, 6.45) is 1.56. The van der Waals surface area contributed by atoms with Crippen LogP contribution in [0.25, 0.3) is 4.91 Å². The molecule has 2 heteroatoms. The molecule has 0 saturated carbocycles. The average Bonchev–Trinajstić information content (AvgIpc) is 2.40. The van der Waals surface area contributed by atoms with Crippen LogP contribution < -0.4 is 0 Å². The summed E-state index contributed by atoms with van der Waals surface area (Å²) in [5.74, 6) is -0.0267. The molecule has 18 heavy (non-hydrogen) atoms. The molecular formula is C16H14OS. The van der Waals surface area contributed by atoms with Crippen LogP contribution in [0.1, 0.15) is 21.5 Å². The largest absolute Gasteiger partial charge is 0.289 e. The first-order valence-electron chi connectivity index (χ1n) is 5.74. The van der Waals surface area contributed by atoms with E-state index in [9.17, 15) is 4.79 Å². The van der Waals surface area contributed by atoms with Crippen molar-refractivity contribution in [2.24, 2.45) is 0 Å². The first-order valence-corrected chi connectivity index (χ1v) is 6.18. The van der Waals surface area contributed by atoms with E-state index in [2.05, 4.69) is 12.6 Å². The Bertz CT molecular complexity index is 568. The SMILES string of the molecule is Cc1ccc(C(S)=CC(=O)c2ccccc2)cc1. The van der Waals surface area contributed by atoms with Crippen molar-refractivity contribution >= 4 is 23.3 Å². The minimum Gasteiger partial charge on any atom is -0.289 e. The maximum Gasteiger partial charge on any atom is 0.186 e. The van der Waals surface area contributed by atoms with Crippen molar-refractivity contribution in [2.75, 3.05) is 0 Å². The Labute approximate surface area is 113 Å². The van der Waals surface area contributed by atoms with Gasteiger partial charge in [0.2, 0.25) is 0 Å². The normalized spacial score (nSPS) is 11.3. The summed E-state index contributed by atoms with van der Waals surface area (Å²) in [5.41, 5.74) is 2.82. The van der Waals surface area contributed by atoms with Crippen molar-refractivity contribution < 1.29 is 4.79 Å². The number of hydrogen-bond donors (Lipinski definition) is 1. The lowest BCUT2D eigenvalue weighted by atomic mass is 10.1. The second-order valence-electron chi connectivity index (χ2n) is 4.13. The molecule has 2 aromatic rings. The van der Waals surface area contributed by atoms with Gasteiger partial charge in [0, 0.05) is 10.5 Å². The van der Waals surface area contributed by atoms with Crippen molar-refractivity contribution in [2.45, 2.75) is 6.92 Å². The van der Waals surface area contributed by atoms with Crippen LogP contribution in [-0.4, -0.2) is 5.78 Å². The standard InChI is InChI=1S/C16H14OS/c1-12-7-9-14(10-8-12)16(18)11-15(17)13-5-3-2-4-6-13/h2-11,18H,1H3. The second kappa shape index (κ2) is 5.69. The molecule has 0 aromatic heterocycles. The summed E-state index contributed by atoms with van der Waals surface area (Å²) in [6, 6.07) is 17.1. The Balaban J connectivity index is 2.23. The number of allylic oxidation sites excluding steroid dienone is 1. The van der Waals surface area contributed by atoms with Crippen molar-refractivity contribution in [1.82, 2.24) is 0 Å². The molecule has 0 radical (unpaired) electrons. The van der Waals surface area contributed by atoms with Gasteiger partial charge in [-0.05, 0) is 18.6 Å². The highest BCUT2D eigenvalue weighted by Gasteiger charge is 2.03. The Morgan fingerprint density at radius 3 is 2.17 bits per heavy atom. The molecule has 0 amide bonds. The van der Waals surface area contributed by atoms with Crippen molar-refractivity contribution in [3.63, 3.8) is 0 Å². The molecule has 1 nitrogen and oxygen atoms in total.